The Hall–Kier alpha value is -1.12. The van der Waals surface area contributed by atoms with Crippen LogP contribution in [-0.4, -0.2) is 16.0 Å². The maximum Gasteiger partial charge on any atom is 0.293 e. The summed E-state index contributed by atoms with van der Waals surface area (Å²) in [6.07, 6.45) is 1.82. The highest BCUT2D eigenvalue weighted by molar-refractivity contribution is 14.1. The number of thioether (sulfide) groups is 1. The number of imide groups is 1. The van der Waals surface area contributed by atoms with Gasteiger partial charge in [-0.2, -0.15) is 0 Å². The van der Waals surface area contributed by atoms with Crippen molar-refractivity contribution in [3.63, 3.8) is 0 Å². The number of hydrogen-bond donors (Lipinski definition) is 0. The van der Waals surface area contributed by atoms with Crippen molar-refractivity contribution in [2.45, 2.75) is 13.5 Å². The van der Waals surface area contributed by atoms with E-state index in [0.717, 1.165) is 31.3 Å². The van der Waals surface area contributed by atoms with Gasteiger partial charge in [-0.1, -0.05) is 12.1 Å². The van der Waals surface area contributed by atoms with E-state index in [1.54, 1.807) is 11.3 Å². The molecule has 1 aromatic heterocycles. The van der Waals surface area contributed by atoms with Gasteiger partial charge < -0.3 is 0 Å². The number of rotatable bonds is 3. The first-order chi connectivity index (χ1) is 10.5. The predicted molar refractivity (Wildman–Crippen MR) is 99.7 cm³/mol. The fourth-order valence-corrected chi connectivity index (χ4v) is 4.17. The predicted octanol–water partition coefficient (Wildman–Crippen LogP) is 4.90. The third-order valence-corrected chi connectivity index (χ3v) is 5.88. The summed E-state index contributed by atoms with van der Waals surface area (Å²) in [5.41, 5.74) is 2.07. The molecule has 2 heterocycles. The van der Waals surface area contributed by atoms with Gasteiger partial charge in [-0.3, -0.25) is 14.5 Å². The second-order valence-electron chi connectivity index (χ2n) is 4.86. The van der Waals surface area contributed by atoms with E-state index in [9.17, 15) is 9.59 Å². The Morgan fingerprint density at radius 3 is 2.55 bits per heavy atom. The maximum atomic E-state index is 12.4. The SMILES string of the molecule is Cc1ccsc1/C=C1/SC(=O)N(Cc2ccc(I)cc2)C1=O. The third-order valence-electron chi connectivity index (χ3n) is 3.29. The molecule has 0 saturated carbocycles. The average molecular weight is 441 g/mol. The van der Waals surface area contributed by atoms with Crippen molar-refractivity contribution >= 4 is 62.9 Å². The van der Waals surface area contributed by atoms with Crippen LogP contribution >= 0.6 is 45.7 Å². The van der Waals surface area contributed by atoms with Gasteiger partial charge in [0.05, 0.1) is 11.4 Å². The molecule has 1 saturated heterocycles. The molecule has 3 nitrogen and oxygen atoms in total. The molecule has 0 radical (unpaired) electrons. The fourth-order valence-electron chi connectivity index (χ4n) is 2.06. The van der Waals surface area contributed by atoms with Crippen LogP contribution in [0.3, 0.4) is 0 Å². The van der Waals surface area contributed by atoms with E-state index in [-0.39, 0.29) is 11.1 Å². The Balaban J connectivity index is 1.81. The van der Waals surface area contributed by atoms with Crippen molar-refractivity contribution in [2.24, 2.45) is 0 Å². The monoisotopic (exact) mass is 441 g/mol. The number of hydrogen-bond acceptors (Lipinski definition) is 4. The smallest absolute Gasteiger partial charge is 0.268 e. The summed E-state index contributed by atoms with van der Waals surface area (Å²) in [5, 5.41) is 1.78. The molecule has 0 aliphatic carbocycles. The van der Waals surface area contributed by atoms with Gasteiger partial charge in [0.2, 0.25) is 0 Å². The van der Waals surface area contributed by atoms with Crippen molar-refractivity contribution in [3.8, 4) is 0 Å². The highest BCUT2D eigenvalue weighted by Gasteiger charge is 2.35. The summed E-state index contributed by atoms with van der Waals surface area (Å²) in [6, 6.07) is 9.84. The molecule has 3 rings (SSSR count). The zero-order valence-corrected chi connectivity index (χ0v) is 15.5. The molecule has 2 aromatic rings. The van der Waals surface area contributed by atoms with E-state index >= 15 is 0 Å². The van der Waals surface area contributed by atoms with Gasteiger partial charge in [-0.05, 0) is 82.1 Å². The van der Waals surface area contributed by atoms with Crippen LogP contribution in [0, 0.1) is 10.5 Å². The van der Waals surface area contributed by atoms with Crippen molar-refractivity contribution < 1.29 is 9.59 Å². The van der Waals surface area contributed by atoms with Gasteiger partial charge in [0.15, 0.2) is 0 Å². The molecule has 1 aromatic carbocycles. The number of carbonyl (C=O) groups is 2. The summed E-state index contributed by atoms with van der Waals surface area (Å²) in [4.78, 5) is 27.4. The normalized spacial score (nSPS) is 16.8. The van der Waals surface area contributed by atoms with Crippen LogP contribution in [0.15, 0.2) is 40.6 Å². The molecule has 6 heteroatoms. The van der Waals surface area contributed by atoms with Gasteiger partial charge in [0.25, 0.3) is 11.1 Å². The Morgan fingerprint density at radius 1 is 1.18 bits per heavy atom. The number of carbonyl (C=O) groups excluding carboxylic acids is 2. The Morgan fingerprint density at radius 2 is 1.91 bits per heavy atom. The summed E-state index contributed by atoms with van der Waals surface area (Å²) < 4.78 is 1.13. The lowest BCUT2D eigenvalue weighted by Crippen LogP contribution is -2.27. The molecular weight excluding hydrogens is 429 g/mol. The summed E-state index contributed by atoms with van der Waals surface area (Å²) >= 11 is 4.82. The van der Waals surface area contributed by atoms with Gasteiger partial charge >= 0.3 is 0 Å². The van der Waals surface area contributed by atoms with Crippen molar-refractivity contribution in [1.82, 2.24) is 4.90 Å². The molecule has 2 amide bonds. The summed E-state index contributed by atoms with van der Waals surface area (Å²) in [6.45, 7) is 2.32. The number of aryl methyl sites for hydroxylation is 1. The third kappa shape index (κ3) is 3.28. The van der Waals surface area contributed by atoms with E-state index in [1.165, 1.54) is 4.90 Å². The van der Waals surface area contributed by atoms with E-state index in [1.807, 2.05) is 48.7 Å². The van der Waals surface area contributed by atoms with Crippen LogP contribution in [0.4, 0.5) is 4.79 Å². The molecule has 0 atom stereocenters. The van der Waals surface area contributed by atoms with Crippen LogP contribution in [0.25, 0.3) is 6.08 Å². The largest absolute Gasteiger partial charge is 0.293 e. The fraction of sp³-hybridized carbons (Fsp3) is 0.125. The maximum absolute atomic E-state index is 12.4. The Labute approximate surface area is 150 Å². The van der Waals surface area contributed by atoms with Crippen LogP contribution in [-0.2, 0) is 11.3 Å². The molecule has 1 aliphatic heterocycles. The topological polar surface area (TPSA) is 37.4 Å². The Bertz CT molecular complexity index is 765. The quantitative estimate of drug-likeness (QED) is 0.503. The van der Waals surface area contributed by atoms with Crippen LogP contribution in [0.1, 0.15) is 16.0 Å². The van der Waals surface area contributed by atoms with E-state index < -0.39 is 0 Å². The second-order valence-corrected chi connectivity index (χ2v) is 8.05. The van der Waals surface area contributed by atoms with Crippen LogP contribution < -0.4 is 0 Å². The van der Waals surface area contributed by atoms with Gasteiger partial charge in [0, 0.05) is 8.45 Å². The molecule has 22 heavy (non-hydrogen) atoms. The van der Waals surface area contributed by atoms with E-state index in [0.29, 0.717) is 11.4 Å². The molecular formula is C16H12INO2S2. The number of benzene rings is 1. The van der Waals surface area contributed by atoms with Crippen molar-refractivity contribution in [2.75, 3.05) is 0 Å². The zero-order valence-electron chi connectivity index (χ0n) is 11.7. The molecule has 1 aliphatic rings. The number of thiophene rings is 1. The van der Waals surface area contributed by atoms with Gasteiger partial charge in [-0.25, -0.2) is 0 Å². The molecule has 1 fully saturated rings. The van der Waals surface area contributed by atoms with E-state index in [4.69, 9.17) is 0 Å². The highest BCUT2D eigenvalue weighted by atomic mass is 127. The minimum Gasteiger partial charge on any atom is -0.268 e. The zero-order chi connectivity index (χ0) is 15.7. The van der Waals surface area contributed by atoms with Crippen molar-refractivity contribution in [1.29, 1.82) is 0 Å². The Kier molecular flexibility index (Phi) is 4.70. The minimum absolute atomic E-state index is 0.205. The van der Waals surface area contributed by atoms with Crippen LogP contribution in [0.5, 0.6) is 0 Å². The average Bonchev–Trinajstić information content (AvgIpc) is 3.00. The lowest BCUT2D eigenvalue weighted by atomic mass is 10.2. The molecule has 0 N–H and O–H groups in total. The highest BCUT2D eigenvalue weighted by Crippen LogP contribution is 2.34. The molecule has 0 spiro atoms. The summed E-state index contributed by atoms with van der Waals surface area (Å²) in [5.74, 6) is -0.207. The van der Waals surface area contributed by atoms with Gasteiger partial charge in [0.1, 0.15) is 0 Å². The molecule has 0 bridgehead atoms. The first-order valence-corrected chi connectivity index (χ1v) is 9.36. The standard InChI is InChI=1S/C16H12INO2S2/c1-10-6-7-21-13(10)8-14-15(19)18(16(20)22-14)9-11-2-4-12(17)5-3-11/h2-8H,9H2,1H3/b14-8+. The second kappa shape index (κ2) is 6.55. The molecule has 0 unspecified atom stereocenters. The lowest BCUT2D eigenvalue weighted by Gasteiger charge is -2.12. The minimum atomic E-state index is -0.207. The number of amides is 2. The van der Waals surface area contributed by atoms with E-state index in [2.05, 4.69) is 22.6 Å². The van der Waals surface area contributed by atoms with Gasteiger partial charge in [-0.15, -0.1) is 11.3 Å². The number of halogens is 1. The molecule has 112 valence electrons. The first-order valence-electron chi connectivity index (χ1n) is 6.58. The van der Waals surface area contributed by atoms with Crippen LogP contribution in [0.2, 0.25) is 0 Å². The van der Waals surface area contributed by atoms with Crippen molar-refractivity contribution in [3.05, 3.63) is 60.2 Å². The first kappa shape index (κ1) is 15.8. The number of nitrogens with zero attached hydrogens (tertiary/aromatic N) is 1. The lowest BCUT2D eigenvalue weighted by molar-refractivity contribution is -0.123. The summed E-state index contributed by atoms with van der Waals surface area (Å²) in [7, 11) is 0.